The number of para-hydroxylation sites is 1. The van der Waals surface area contributed by atoms with Crippen LogP contribution in [0.1, 0.15) is 5.56 Å². The van der Waals surface area contributed by atoms with E-state index < -0.39 is 0 Å². The van der Waals surface area contributed by atoms with E-state index in [4.69, 9.17) is 0 Å². The number of rotatable bonds is 2. The molecule has 0 atom stereocenters. The number of allylic oxidation sites excluding steroid dienone is 3. The minimum absolute atomic E-state index is 0.0725. The summed E-state index contributed by atoms with van der Waals surface area (Å²) in [6, 6.07) is 7.78. The van der Waals surface area contributed by atoms with Crippen molar-refractivity contribution in [2.24, 2.45) is 0 Å². The lowest BCUT2D eigenvalue weighted by atomic mass is 10.0. The van der Waals surface area contributed by atoms with Gasteiger partial charge in [0, 0.05) is 12.6 Å². The molecule has 2 nitrogen and oxygen atoms in total. The van der Waals surface area contributed by atoms with Gasteiger partial charge in [-0.3, -0.25) is 4.79 Å². The number of amides is 1. The monoisotopic (exact) mass is 237 g/mol. The molecule has 0 unspecified atom stereocenters. The van der Waals surface area contributed by atoms with Crippen LogP contribution in [0.2, 0.25) is 0 Å². The quantitative estimate of drug-likeness (QED) is 0.772. The Kier molecular flexibility index (Phi) is 3.28. The molecule has 1 aliphatic rings. The molecule has 0 saturated heterocycles. The van der Waals surface area contributed by atoms with Gasteiger partial charge in [0.25, 0.3) is 5.91 Å². The van der Waals surface area contributed by atoms with Crippen molar-refractivity contribution in [2.45, 2.75) is 0 Å². The number of hydrogen-bond donors (Lipinski definition) is 0. The standard InChI is InChI=1S/C16H15NO/c1-4-12-10-11-13-8-6-7-9-15(13)17(3)16(18)14(12)5-2/h4-11H,1-2H2,3H3/b11-10-,14-12-. The zero-order valence-corrected chi connectivity index (χ0v) is 10.4. The summed E-state index contributed by atoms with van der Waals surface area (Å²) in [6.45, 7) is 7.45. The molecular formula is C16H15NO. The maximum absolute atomic E-state index is 12.4. The molecule has 18 heavy (non-hydrogen) atoms. The minimum atomic E-state index is -0.0725. The maximum Gasteiger partial charge on any atom is 0.258 e. The van der Waals surface area contributed by atoms with Crippen molar-refractivity contribution in [1.29, 1.82) is 0 Å². The summed E-state index contributed by atoms with van der Waals surface area (Å²) >= 11 is 0. The van der Waals surface area contributed by atoms with Crippen molar-refractivity contribution in [1.82, 2.24) is 0 Å². The molecule has 0 spiro atoms. The van der Waals surface area contributed by atoms with Gasteiger partial charge >= 0.3 is 0 Å². The fourth-order valence-corrected chi connectivity index (χ4v) is 2.00. The zero-order valence-electron chi connectivity index (χ0n) is 10.4. The first-order chi connectivity index (χ1) is 8.69. The molecule has 0 aromatic heterocycles. The third-order valence-corrected chi connectivity index (χ3v) is 3.01. The van der Waals surface area contributed by atoms with Crippen LogP contribution in [0.3, 0.4) is 0 Å². The van der Waals surface area contributed by atoms with E-state index in [0.29, 0.717) is 5.57 Å². The molecule has 1 aliphatic heterocycles. The van der Waals surface area contributed by atoms with Gasteiger partial charge in [0.05, 0.1) is 5.69 Å². The highest BCUT2D eigenvalue weighted by Crippen LogP contribution is 2.26. The molecule has 1 heterocycles. The first kappa shape index (κ1) is 12.1. The lowest BCUT2D eigenvalue weighted by molar-refractivity contribution is -0.114. The van der Waals surface area contributed by atoms with Gasteiger partial charge < -0.3 is 4.90 Å². The van der Waals surface area contributed by atoms with Gasteiger partial charge in [0.1, 0.15) is 0 Å². The lowest BCUT2D eigenvalue weighted by Gasteiger charge is -2.22. The third-order valence-electron chi connectivity index (χ3n) is 3.01. The molecule has 0 radical (unpaired) electrons. The van der Waals surface area contributed by atoms with Crippen LogP contribution in [0.5, 0.6) is 0 Å². The number of nitrogens with zero attached hydrogens (tertiary/aromatic N) is 1. The predicted molar refractivity (Wildman–Crippen MR) is 76.3 cm³/mol. The smallest absolute Gasteiger partial charge is 0.258 e. The number of carbonyl (C=O) groups is 1. The maximum atomic E-state index is 12.4. The number of anilines is 1. The Hall–Kier alpha value is -2.35. The van der Waals surface area contributed by atoms with Crippen LogP contribution in [0.25, 0.3) is 6.08 Å². The molecule has 0 bridgehead atoms. The summed E-state index contributed by atoms with van der Waals surface area (Å²) in [6.07, 6.45) is 7.13. The highest BCUT2D eigenvalue weighted by Gasteiger charge is 2.19. The summed E-state index contributed by atoms with van der Waals surface area (Å²) < 4.78 is 0. The predicted octanol–water partition coefficient (Wildman–Crippen LogP) is 3.34. The number of fused-ring (bicyclic) bond motifs is 1. The minimum Gasteiger partial charge on any atom is -0.311 e. The van der Waals surface area contributed by atoms with Crippen LogP contribution in [-0.2, 0) is 4.79 Å². The summed E-state index contributed by atoms with van der Waals surface area (Å²) in [5, 5.41) is 0. The molecule has 2 heteroatoms. The fourth-order valence-electron chi connectivity index (χ4n) is 2.00. The lowest BCUT2D eigenvalue weighted by Crippen LogP contribution is -2.28. The Morgan fingerprint density at radius 2 is 1.83 bits per heavy atom. The van der Waals surface area contributed by atoms with E-state index in [9.17, 15) is 4.79 Å². The Morgan fingerprint density at radius 1 is 1.11 bits per heavy atom. The fraction of sp³-hybridized carbons (Fsp3) is 0.0625. The van der Waals surface area contributed by atoms with Crippen LogP contribution in [0, 0.1) is 0 Å². The topological polar surface area (TPSA) is 20.3 Å². The van der Waals surface area contributed by atoms with Crippen molar-refractivity contribution in [3.8, 4) is 0 Å². The van der Waals surface area contributed by atoms with Crippen molar-refractivity contribution in [3.05, 3.63) is 72.4 Å². The molecule has 0 aliphatic carbocycles. The second-order valence-electron chi connectivity index (χ2n) is 4.03. The van der Waals surface area contributed by atoms with E-state index in [0.717, 1.165) is 16.8 Å². The van der Waals surface area contributed by atoms with Crippen molar-refractivity contribution in [2.75, 3.05) is 11.9 Å². The molecule has 2 rings (SSSR count). The van der Waals surface area contributed by atoms with Crippen LogP contribution in [0.15, 0.2) is 66.8 Å². The Morgan fingerprint density at radius 3 is 2.50 bits per heavy atom. The van der Waals surface area contributed by atoms with Crippen LogP contribution in [0.4, 0.5) is 5.69 Å². The van der Waals surface area contributed by atoms with Crippen LogP contribution in [-0.4, -0.2) is 13.0 Å². The second kappa shape index (κ2) is 4.88. The zero-order chi connectivity index (χ0) is 13.1. The molecule has 90 valence electrons. The highest BCUT2D eigenvalue weighted by atomic mass is 16.2. The molecular weight excluding hydrogens is 222 g/mol. The van der Waals surface area contributed by atoms with Crippen molar-refractivity contribution < 1.29 is 4.79 Å². The Balaban J connectivity index is 2.68. The van der Waals surface area contributed by atoms with E-state index in [2.05, 4.69) is 13.2 Å². The van der Waals surface area contributed by atoms with E-state index in [-0.39, 0.29) is 5.91 Å². The van der Waals surface area contributed by atoms with E-state index in [1.807, 2.05) is 36.4 Å². The van der Waals surface area contributed by atoms with Gasteiger partial charge in [0.15, 0.2) is 0 Å². The number of hydrogen-bond acceptors (Lipinski definition) is 1. The third kappa shape index (κ3) is 1.93. The average molecular weight is 237 g/mol. The van der Waals surface area contributed by atoms with Crippen molar-refractivity contribution in [3.63, 3.8) is 0 Å². The SMILES string of the molecule is C=CC1=C(\C=C)C(=O)N(C)c2ccccc2/C=C\1. The number of carbonyl (C=O) groups excluding carboxylic acids is 1. The second-order valence-corrected chi connectivity index (χ2v) is 4.03. The summed E-state index contributed by atoms with van der Waals surface area (Å²) in [4.78, 5) is 14.0. The molecule has 0 fully saturated rings. The van der Waals surface area contributed by atoms with Gasteiger partial charge in [-0.1, -0.05) is 55.7 Å². The molecule has 1 aromatic rings. The van der Waals surface area contributed by atoms with E-state index in [1.54, 1.807) is 24.1 Å². The largest absolute Gasteiger partial charge is 0.311 e. The molecule has 1 amide bonds. The first-order valence-electron chi connectivity index (χ1n) is 5.73. The van der Waals surface area contributed by atoms with Gasteiger partial charge in [-0.2, -0.15) is 0 Å². The summed E-state index contributed by atoms with van der Waals surface area (Å²) in [5.74, 6) is -0.0725. The summed E-state index contributed by atoms with van der Waals surface area (Å²) in [5.41, 5.74) is 3.26. The first-order valence-corrected chi connectivity index (χ1v) is 5.73. The van der Waals surface area contributed by atoms with Crippen LogP contribution >= 0.6 is 0 Å². The Bertz CT molecular complexity index is 579. The molecule has 0 saturated carbocycles. The molecule has 0 N–H and O–H groups in total. The number of likely N-dealkylation sites (N-methyl/N-ethyl adjacent to an activating group) is 1. The van der Waals surface area contributed by atoms with Gasteiger partial charge in [-0.05, 0) is 17.2 Å². The van der Waals surface area contributed by atoms with Gasteiger partial charge in [-0.15, -0.1) is 0 Å². The normalized spacial score (nSPS) is 20.7. The van der Waals surface area contributed by atoms with E-state index >= 15 is 0 Å². The summed E-state index contributed by atoms with van der Waals surface area (Å²) in [7, 11) is 1.77. The molecule has 1 aromatic carbocycles. The highest BCUT2D eigenvalue weighted by molar-refractivity contribution is 6.09. The number of benzene rings is 1. The Labute approximate surface area is 107 Å². The van der Waals surface area contributed by atoms with Crippen LogP contribution < -0.4 is 4.90 Å². The average Bonchev–Trinajstić information content (AvgIpc) is 2.41. The van der Waals surface area contributed by atoms with Gasteiger partial charge in [0.2, 0.25) is 0 Å². The van der Waals surface area contributed by atoms with Crippen molar-refractivity contribution >= 4 is 17.7 Å². The van der Waals surface area contributed by atoms with Gasteiger partial charge in [-0.25, -0.2) is 0 Å². The van der Waals surface area contributed by atoms with E-state index in [1.165, 1.54) is 0 Å².